The lowest BCUT2D eigenvalue weighted by Crippen LogP contribution is -2.09. The van der Waals surface area contributed by atoms with Gasteiger partial charge in [-0.25, -0.2) is 4.79 Å². The SMILES string of the molecule is CCCC(=O)C1=C(Br)/C(=C(\C)Br)OC1=O. The Kier molecular flexibility index (Phi) is 4.28. The second-order valence-electron chi connectivity index (χ2n) is 3.11. The first-order valence-electron chi connectivity index (χ1n) is 4.51. The monoisotopic (exact) mass is 336 g/mol. The Morgan fingerprint density at radius 2 is 2.07 bits per heavy atom. The summed E-state index contributed by atoms with van der Waals surface area (Å²) in [4.78, 5) is 23.0. The number of halogens is 2. The molecule has 0 aromatic carbocycles. The number of allylic oxidation sites excluding steroid dienone is 2. The van der Waals surface area contributed by atoms with Gasteiger partial charge in [-0.05, 0) is 29.3 Å². The average Bonchev–Trinajstić information content (AvgIpc) is 2.42. The van der Waals surface area contributed by atoms with Crippen LogP contribution in [0.25, 0.3) is 0 Å². The zero-order valence-electron chi connectivity index (χ0n) is 8.39. The van der Waals surface area contributed by atoms with E-state index in [9.17, 15) is 9.59 Å². The molecule has 0 aliphatic carbocycles. The van der Waals surface area contributed by atoms with Gasteiger partial charge < -0.3 is 4.74 Å². The van der Waals surface area contributed by atoms with Gasteiger partial charge in [0.25, 0.3) is 0 Å². The fraction of sp³-hybridized carbons (Fsp3) is 0.400. The molecule has 0 N–H and O–H groups in total. The number of ether oxygens (including phenoxy) is 1. The summed E-state index contributed by atoms with van der Waals surface area (Å²) in [5.74, 6) is -0.369. The summed E-state index contributed by atoms with van der Waals surface area (Å²) < 4.78 is 6.09. The second-order valence-corrected chi connectivity index (χ2v) is 5.10. The Hall–Kier alpha value is -0.420. The van der Waals surface area contributed by atoms with E-state index in [0.29, 0.717) is 27.6 Å². The predicted octanol–water partition coefficient (Wildman–Crippen LogP) is 3.19. The van der Waals surface area contributed by atoms with Gasteiger partial charge in [-0.2, -0.15) is 0 Å². The first-order valence-corrected chi connectivity index (χ1v) is 6.09. The largest absolute Gasteiger partial charge is 0.421 e. The van der Waals surface area contributed by atoms with Crippen molar-refractivity contribution in [3.05, 3.63) is 20.3 Å². The van der Waals surface area contributed by atoms with Gasteiger partial charge in [0, 0.05) is 10.9 Å². The van der Waals surface area contributed by atoms with Gasteiger partial charge >= 0.3 is 5.97 Å². The van der Waals surface area contributed by atoms with E-state index in [1.54, 1.807) is 6.92 Å². The maximum atomic E-state index is 11.6. The van der Waals surface area contributed by atoms with Crippen LogP contribution in [0.15, 0.2) is 20.3 Å². The molecule has 0 atom stereocenters. The molecule has 0 spiro atoms. The minimum absolute atomic E-state index is 0.116. The number of hydrogen-bond donors (Lipinski definition) is 0. The van der Waals surface area contributed by atoms with Crippen LogP contribution < -0.4 is 0 Å². The molecule has 0 saturated heterocycles. The van der Waals surface area contributed by atoms with Crippen LogP contribution in [0.4, 0.5) is 0 Å². The molecule has 82 valence electrons. The lowest BCUT2D eigenvalue weighted by Gasteiger charge is -1.97. The van der Waals surface area contributed by atoms with Crippen LogP contribution in [0.5, 0.6) is 0 Å². The fourth-order valence-electron chi connectivity index (χ4n) is 1.20. The van der Waals surface area contributed by atoms with E-state index < -0.39 is 5.97 Å². The summed E-state index contributed by atoms with van der Waals surface area (Å²) >= 11 is 6.42. The molecule has 0 bridgehead atoms. The van der Waals surface area contributed by atoms with E-state index in [1.165, 1.54) is 0 Å². The normalized spacial score (nSPS) is 19.3. The van der Waals surface area contributed by atoms with Crippen LogP contribution in [-0.4, -0.2) is 11.8 Å². The molecule has 15 heavy (non-hydrogen) atoms. The van der Waals surface area contributed by atoms with Crippen LogP contribution in [0, 0.1) is 0 Å². The predicted molar refractivity (Wildman–Crippen MR) is 63.6 cm³/mol. The molecule has 1 rings (SSSR count). The van der Waals surface area contributed by atoms with E-state index in [4.69, 9.17) is 4.74 Å². The minimum atomic E-state index is -0.575. The minimum Gasteiger partial charge on any atom is -0.421 e. The Bertz CT molecular complexity index is 376. The molecule has 0 saturated carbocycles. The number of Topliss-reactive ketones (excluding diaryl/α,β-unsaturated/α-hetero) is 1. The van der Waals surface area contributed by atoms with Gasteiger partial charge in [-0.1, -0.05) is 22.9 Å². The molecule has 0 amide bonds. The summed E-state index contributed by atoms with van der Waals surface area (Å²) in [6.45, 7) is 3.64. The third-order valence-electron chi connectivity index (χ3n) is 1.89. The number of cyclic esters (lactones) is 1. The van der Waals surface area contributed by atoms with Crippen molar-refractivity contribution in [1.29, 1.82) is 0 Å². The Morgan fingerprint density at radius 3 is 2.47 bits per heavy atom. The van der Waals surface area contributed by atoms with Crippen LogP contribution in [0.3, 0.4) is 0 Å². The van der Waals surface area contributed by atoms with Crippen molar-refractivity contribution >= 4 is 43.6 Å². The molecule has 3 nitrogen and oxygen atoms in total. The van der Waals surface area contributed by atoms with E-state index in [1.807, 2.05) is 6.92 Å². The van der Waals surface area contributed by atoms with Gasteiger partial charge in [-0.15, -0.1) is 0 Å². The molecule has 0 unspecified atom stereocenters. The lowest BCUT2D eigenvalue weighted by molar-refractivity contribution is -0.134. The average molecular weight is 338 g/mol. The van der Waals surface area contributed by atoms with Gasteiger partial charge in [0.2, 0.25) is 0 Å². The number of hydrogen-bond acceptors (Lipinski definition) is 3. The Labute approximate surface area is 105 Å². The van der Waals surface area contributed by atoms with Crippen molar-refractivity contribution in [2.45, 2.75) is 26.7 Å². The van der Waals surface area contributed by atoms with E-state index in [0.717, 1.165) is 0 Å². The number of rotatable bonds is 3. The highest BCUT2D eigenvalue weighted by Gasteiger charge is 2.33. The maximum Gasteiger partial charge on any atom is 0.348 e. The molecule has 0 fully saturated rings. The molecule has 1 aliphatic heterocycles. The molecule has 0 aromatic heterocycles. The summed E-state index contributed by atoms with van der Waals surface area (Å²) in [5, 5.41) is 0. The first kappa shape index (κ1) is 12.6. The van der Waals surface area contributed by atoms with Crippen molar-refractivity contribution in [3.63, 3.8) is 0 Å². The van der Waals surface area contributed by atoms with E-state index >= 15 is 0 Å². The standard InChI is InChI=1S/C10H10Br2O3/c1-3-4-6(13)7-8(12)9(5(2)11)15-10(7)14/h3-4H2,1-2H3/b9-5-. The van der Waals surface area contributed by atoms with Crippen molar-refractivity contribution in [2.24, 2.45) is 0 Å². The summed E-state index contributed by atoms with van der Waals surface area (Å²) in [6, 6.07) is 0. The zero-order chi connectivity index (χ0) is 11.6. The van der Waals surface area contributed by atoms with Crippen LogP contribution in [0.1, 0.15) is 26.7 Å². The number of esters is 1. The van der Waals surface area contributed by atoms with E-state index in [-0.39, 0.29) is 11.4 Å². The third kappa shape index (κ3) is 2.58. The molecule has 1 heterocycles. The highest BCUT2D eigenvalue weighted by Crippen LogP contribution is 2.35. The van der Waals surface area contributed by atoms with Gasteiger partial charge in [0.15, 0.2) is 11.5 Å². The van der Waals surface area contributed by atoms with Gasteiger partial charge in [0.1, 0.15) is 5.57 Å². The third-order valence-corrected chi connectivity index (χ3v) is 3.00. The zero-order valence-corrected chi connectivity index (χ0v) is 11.6. The first-order chi connectivity index (χ1) is 6.99. The summed E-state index contributed by atoms with van der Waals surface area (Å²) in [7, 11) is 0. The highest BCUT2D eigenvalue weighted by molar-refractivity contribution is 9.12. The molecule has 5 heteroatoms. The smallest absolute Gasteiger partial charge is 0.348 e. The molecule has 0 radical (unpaired) electrons. The number of ketones is 1. The Morgan fingerprint density at radius 1 is 1.47 bits per heavy atom. The van der Waals surface area contributed by atoms with Crippen molar-refractivity contribution in [2.75, 3.05) is 0 Å². The highest BCUT2D eigenvalue weighted by atomic mass is 79.9. The quantitative estimate of drug-likeness (QED) is 0.586. The van der Waals surface area contributed by atoms with Crippen molar-refractivity contribution < 1.29 is 14.3 Å². The lowest BCUT2D eigenvalue weighted by atomic mass is 10.1. The van der Waals surface area contributed by atoms with Gasteiger partial charge in [-0.3, -0.25) is 4.79 Å². The summed E-state index contributed by atoms with van der Waals surface area (Å²) in [6.07, 6.45) is 1.07. The van der Waals surface area contributed by atoms with Crippen molar-refractivity contribution in [1.82, 2.24) is 0 Å². The van der Waals surface area contributed by atoms with Crippen LogP contribution in [-0.2, 0) is 14.3 Å². The summed E-state index contributed by atoms with van der Waals surface area (Å²) in [5.41, 5.74) is 0.116. The fourth-order valence-corrected chi connectivity index (χ4v) is 2.51. The number of carbonyl (C=O) groups is 2. The molecule has 0 aromatic rings. The second kappa shape index (κ2) is 5.07. The Balaban J connectivity index is 3.11. The molecule has 1 aliphatic rings. The van der Waals surface area contributed by atoms with Crippen molar-refractivity contribution in [3.8, 4) is 0 Å². The molecular weight excluding hydrogens is 328 g/mol. The maximum absolute atomic E-state index is 11.6. The van der Waals surface area contributed by atoms with E-state index in [2.05, 4.69) is 31.9 Å². The van der Waals surface area contributed by atoms with Crippen LogP contribution in [0.2, 0.25) is 0 Å². The number of carbonyl (C=O) groups excluding carboxylic acids is 2. The van der Waals surface area contributed by atoms with Gasteiger partial charge in [0.05, 0.1) is 4.48 Å². The molecular formula is C10H10Br2O3. The topological polar surface area (TPSA) is 43.4 Å². The van der Waals surface area contributed by atoms with Crippen LogP contribution >= 0.6 is 31.9 Å².